The number of aromatic nitrogens is 4. The summed E-state index contributed by atoms with van der Waals surface area (Å²) in [4.78, 5) is 16.6. The lowest BCUT2D eigenvalue weighted by atomic mass is 10.0. The molecule has 0 saturated heterocycles. The summed E-state index contributed by atoms with van der Waals surface area (Å²) in [7, 11) is 0. The summed E-state index contributed by atoms with van der Waals surface area (Å²) in [6.07, 6.45) is 9.19. The molecule has 0 bridgehead atoms. The first-order chi connectivity index (χ1) is 28.0. The van der Waals surface area contributed by atoms with Crippen LogP contribution in [-0.4, -0.2) is 19.9 Å². The van der Waals surface area contributed by atoms with E-state index in [9.17, 15) is 0 Å². The minimum Gasteiger partial charge on any atom is -0.265 e. The Kier molecular flexibility index (Phi) is 44.2. The molecule has 0 aliphatic rings. The topological polar surface area (TPSA) is 51.6 Å². The van der Waals surface area contributed by atoms with E-state index in [4.69, 9.17) is 0 Å². The normalized spacial score (nSPS) is 9.12. The average molecular weight is 811 g/mol. The lowest BCUT2D eigenvalue weighted by molar-refractivity contribution is 0.823. The smallest absolute Gasteiger partial charge is 0.0963 e. The number of thiazole rings is 1. The zero-order valence-corrected chi connectivity index (χ0v) is 41.5. The van der Waals surface area contributed by atoms with Crippen molar-refractivity contribution in [3.63, 3.8) is 0 Å². The van der Waals surface area contributed by atoms with E-state index in [-0.39, 0.29) is 0 Å². The van der Waals surface area contributed by atoms with E-state index in [0.29, 0.717) is 29.6 Å². The second-order valence-corrected chi connectivity index (χ2v) is 14.1. The largest absolute Gasteiger partial charge is 0.265 e. The van der Waals surface area contributed by atoms with E-state index in [1.807, 2.05) is 143 Å². The van der Waals surface area contributed by atoms with Gasteiger partial charge >= 0.3 is 0 Å². The molecule has 0 radical (unpaired) electrons. The van der Waals surface area contributed by atoms with E-state index < -0.39 is 0 Å². The van der Waals surface area contributed by atoms with Gasteiger partial charge in [0.1, 0.15) is 0 Å². The fraction of sp³-hybridized carbons (Fsp3) is 0.472. The van der Waals surface area contributed by atoms with Crippen molar-refractivity contribution in [3.8, 4) is 0 Å². The van der Waals surface area contributed by atoms with E-state index >= 15 is 0 Å². The predicted octanol–water partition coefficient (Wildman–Crippen LogP) is 18.0. The molecule has 2 aromatic carbocycles. The molecule has 5 heteroatoms. The van der Waals surface area contributed by atoms with Gasteiger partial charge in [0.15, 0.2) is 0 Å². The molecule has 4 heterocycles. The van der Waals surface area contributed by atoms with E-state index in [2.05, 4.69) is 138 Å². The summed E-state index contributed by atoms with van der Waals surface area (Å²) in [5.41, 5.74) is 6.36. The molecule has 4 aromatic heterocycles. The van der Waals surface area contributed by atoms with Gasteiger partial charge in [0.2, 0.25) is 0 Å². The summed E-state index contributed by atoms with van der Waals surface area (Å²) in [5, 5.41) is 1.23. The van der Waals surface area contributed by atoms with Gasteiger partial charge in [-0.1, -0.05) is 193 Å². The van der Waals surface area contributed by atoms with Crippen molar-refractivity contribution < 1.29 is 0 Å². The molecular weight excluding hydrogens is 725 g/mol. The number of rotatable bonds is 5. The molecule has 0 fully saturated rings. The molecule has 58 heavy (non-hydrogen) atoms. The van der Waals surface area contributed by atoms with Crippen LogP contribution in [0.4, 0.5) is 0 Å². The number of nitrogens with zero attached hydrogens (tertiary/aromatic N) is 4. The first-order valence-electron chi connectivity index (χ1n) is 22.1. The maximum absolute atomic E-state index is 4.53. The van der Waals surface area contributed by atoms with Crippen LogP contribution in [0.1, 0.15) is 195 Å². The summed E-state index contributed by atoms with van der Waals surface area (Å²) >= 11 is 1.79. The summed E-state index contributed by atoms with van der Waals surface area (Å²) < 4.78 is 1.29. The van der Waals surface area contributed by atoms with Crippen molar-refractivity contribution in [2.24, 2.45) is 0 Å². The predicted molar refractivity (Wildman–Crippen MR) is 266 cm³/mol. The van der Waals surface area contributed by atoms with Crippen LogP contribution in [0.2, 0.25) is 0 Å². The molecule has 0 atom stereocenters. The quantitative estimate of drug-likeness (QED) is 0.174. The van der Waals surface area contributed by atoms with Gasteiger partial charge in [-0.05, 0) is 82.8 Å². The van der Waals surface area contributed by atoms with Crippen LogP contribution in [-0.2, 0) is 0 Å². The van der Waals surface area contributed by atoms with Gasteiger partial charge in [-0.3, -0.25) is 15.0 Å². The van der Waals surface area contributed by atoms with Gasteiger partial charge in [0.25, 0.3) is 0 Å². The monoisotopic (exact) mass is 811 g/mol. The molecule has 0 saturated carbocycles. The van der Waals surface area contributed by atoms with E-state index in [1.165, 1.54) is 26.4 Å². The minimum atomic E-state index is 0.544. The Morgan fingerprint density at radius 1 is 0.379 bits per heavy atom. The van der Waals surface area contributed by atoms with Gasteiger partial charge in [0.05, 0.1) is 15.2 Å². The van der Waals surface area contributed by atoms with Crippen molar-refractivity contribution in [2.45, 2.75) is 168 Å². The Hall–Kier alpha value is -4.22. The Labute approximate surface area is 363 Å². The lowest BCUT2D eigenvalue weighted by Crippen LogP contribution is -1.88. The lowest BCUT2D eigenvalue weighted by Gasteiger charge is -2.01. The van der Waals surface area contributed by atoms with Gasteiger partial charge in [-0.2, -0.15) is 0 Å². The zero-order chi connectivity index (χ0) is 45.3. The number of benzene rings is 2. The average Bonchev–Trinajstić information content (AvgIpc) is 3.75. The fourth-order valence-electron chi connectivity index (χ4n) is 4.16. The third kappa shape index (κ3) is 29.9. The zero-order valence-electron chi connectivity index (χ0n) is 40.7. The van der Waals surface area contributed by atoms with Crippen LogP contribution in [0.3, 0.4) is 0 Å². The highest BCUT2D eigenvalue weighted by atomic mass is 32.1. The van der Waals surface area contributed by atoms with Gasteiger partial charge in [0, 0.05) is 42.6 Å². The van der Waals surface area contributed by atoms with E-state index in [1.54, 1.807) is 17.5 Å². The maximum atomic E-state index is 4.53. The highest BCUT2D eigenvalue weighted by Crippen LogP contribution is 2.26. The summed E-state index contributed by atoms with van der Waals surface area (Å²) in [6.45, 7) is 41.7. The molecule has 0 aliphatic carbocycles. The number of fused-ring (bicyclic) bond motifs is 1. The highest BCUT2D eigenvalue weighted by molar-refractivity contribution is 7.18. The van der Waals surface area contributed by atoms with Crippen LogP contribution < -0.4 is 0 Å². The van der Waals surface area contributed by atoms with Crippen molar-refractivity contribution in [1.82, 2.24) is 19.9 Å². The van der Waals surface area contributed by atoms with Crippen LogP contribution in [0.25, 0.3) is 10.2 Å². The first-order valence-corrected chi connectivity index (χ1v) is 22.9. The first kappa shape index (κ1) is 60.5. The van der Waals surface area contributed by atoms with Crippen LogP contribution in [0.15, 0.2) is 128 Å². The number of hydrogen-bond donors (Lipinski definition) is 0. The van der Waals surface area contributed by atoms with Gasteiger partial charge in [-0.15, -0.1) is 11.3 Å². The Balaban J connectivity index is -0.000000299. The van der Waals surface area contributed by atoms with Gasteiger partial charge in [-0.25, -0.2) is 4.98 Å². The SMILES string of the molecule is CC.CC.CC.CC.CC.CC(C)c1ccccc1.CC(C)c1ccccn1.CC(C)c1cccnc1.CC(C)c1ccncc1.CC(C)c1nc2ccccc2s1. The number of pyridine rings is 3. The van der Waals surface area contributed by atoms with Crippen molar-refractivity contribution in [2.75, 3.05) is 0 Å². The van der Waals surface area contributed by atoms with Crippen molar-refractivity contribution in [3.05, 3.63) is 155 Å². The maximum Gasteiger partial charge on any atom is 0.0963 e. The second kappa shape index (κ2) is 42.4. The third-order valence-electron chi connectivity index (χ3n) is 7.27. The van der Waals surface area contributed by atoms with Gasteiger partial charge < -0.3 is 0 Å². The molecule has 4 nitrogen and oxygen atoms in total. The molecule has 324 valence electrons. The van der Waals surface area contributed by atoms with Crippen molar-refractivity contribution >= 4 is 21.6 Å². The standard InChI is InChI=1S/C10H11NS.C9H12.3C8H11N.5C2H6/c1-7(2)10-11-8-5-3-4-6-9(8)12-10;1-8(2)9-6-4-3-5-7-9;1-7(2)8-3-5-9-6-4-8;1-7(2)8-4-3-5-9-6-8;1-7(2)8-5-3-4-6-9-8;5*1-2/h3-7H,1-2H3;3-8H,1-2H3;3*3-7H,1-2H3;5*1-2H3. The Morgan fingerprint density at radius 3 is 1.19 bits per heavy atom. The highest BCUT2D eigenvalue weighted by Gasteiger charge is 2.05. The molecule has 0 amide bonds. The summed E-state index contributed by atoms with van der Waals surface area (Å²) in [6, 6.07) is 33.0. The molecule has 6 aromatic rings. The molecule has 0 N–H and O–H groups in total. The van der Waals surface area contributed by atoms with Crippen LogP contribution >= 0.6 is 11.3 Å². The molecule has 6 rings (SSSR count). The minimum absolute atomic E-state index is 0.544. The second-order valence-electron chi connectivity index (χ2n) is 13.0. The number of hydrogen-bond acceptors (Lipinski definition) is 5. The molecular formula is C53H86N4S. The Morgan fingerprint density at radius 2 is 0.845 bits per heavy atom. The van der Waals surface area contributed by atoms with Crippen LogP contribution in [0.5, 0.6) is 0 Å². The molecule has 0 unspecified atom stereocenters. The third-order valence-corrected chi connectivity index (χ3v) is 8.61. The number of para-hydroxylation sites is 1. The van der Waals surface area contributed by atoms with E-state index in [0.717, 1.165) is 11.2 Å². The Bertz CT molecular complexity index is 1420. The van der Waals surface area contributed by atoms with Crippen molar-refractivity contribution in [1.29, 1.82) is 0 Å². The summed E-state index contributed by atoms with van der Waals surface area (Å²) in [5.74, 6) is 2.96. The molecule has 0 spiro atoms. The fourth-order valence-corrected chi connectivity index (χ4v) is 5.13. The molecule has 0 aliphatic heterocycles. The van der Waals surface area contributed by atoms with Crippen LogP contribution in [0, 0.1) is 0 Å².